The molecule has 0 spiro atoms. The molecule has 0 fully saturated rings. The zero-order valence-electron chi connectivity index (χ0n) is 36.5. The van der Waals surface area contributed by atoms with Crippen molar-refractivity contribution >= 4 is 50.6 Å². The van der Waals surface area contributed by atoms with E-state index in [1.165, 1.54) is 0 Å². The van der Waals surface area contributed by atoms with E-state index in [-0.39, 0.29) is 5.78 Å². The Labute approximate surface area is 387 Å². The van der Waals surface area contributed by atoms with Gasteiger partial charge in [-0.15, -0.1) is 0 Å². The van der Waals surface area contributed by atoms with Crippen LogP contribution in [0.5, 0.6) is 23.0 Å². The number of rotatable bonds is 15. The first-order valence-electron chi connectivity index (χ1n) is 21.6. The third kappa shape index (κ3) is 10.1. The first-order valence-corrected chi connectivity index (χ1v) is 23.8. The summed E-state index contributed by atoms with van der Waals surface area (Å²) in [6.07, 6.45) is 18.4. The molecule has 2 aliphatic rings. The average molecular weight is 905 g/mol. The number of carbonyl (C=O) groups is 1. The molecule has 0 radical (unpaired) electrons. The molecule has 1 atom stereocenters. The molecular formula is C57H46O7P2. The van der Waals surface area contributed by atoms with E-state index in [1.54, 1.807) is 18.2 Å². The highest BCUT2D eigenvalue weighted by molar-refractivity contribution is 7.43. The van der Waals surface area contributed by atoms with Crippen LogP contribution in [0.1, 0.15) is 52.9 Å². The summed E-state index contributed by atoms with van der Waals surface area (Å²) in [5.74, 6) is 2.81. The van der Waals surface area contributed by atoms with Crippen LogP contribution in [0.15, 0.2) is 230 Å². The monoisotopic (exact) mass is 904 g/mol. The van der Waals surface area contributed by atoms with Crippen LogP contribution in [0, 0.1) is 0 Å². The molecule has 66 heavy (non-hydrogen) atoms. The van der Waals surface area contributed by atoms with Gasteiger partial charge in [-0.1, -0.05) is 177 Å². The molecule has 0 amide bonds. The van der Waals surface area contributed by atoms with Crippen LogP contribution in [0.3, 0.4) is 0 Å². The van der Waals surface area contributed by atoms with Gasteiger partial charge in [0.25, 0.3) is 0 Å². The maximum absolute atomic E-state index is 15.1. The SMILES string of the molecule is C=C/C=C1/C=CC=C(OP(O/C(C)=C/C=C\c2ccccc2)Oc2cccc3c2C(=O)c2c(cccc2OP(Oc2cccc4ccccc24)Oc2cccc4ccccc24)C3)C/C1=C/C. The van der Waals surface area contributed by atoms with Crippen LogP contribution in [-0.4, -0.2) is 5.78 Å². The normalized spacial score (nSPS) is 15.3. The van der Waals surface area contributed by atoms with E-state index in [0.29, 0.717) is 58.5 Å². The molecule has 0 aliphatic heterocycles. The summed E-state index contributed by atoms with van der Waals surface area (Å²) in [7, 11) is -4.30. The molecule has 9 heteroatoms. The van der Waals surface area contributed by atoms with Crippen molar-refractivity contribution in [3.63, 3.8) is 0 Å². The number of ketones is 1. The fraction of sp³-hybridized carbons (Fsp3) is 0.0702. The molecule has 0 N–H and O–H groups in total. The van der Waals surface area contributed by atoms with E-state index in [1.807, 2.05) is 196 Å². The van der Waals surface area contributed by atoms with Gasteiger partial charge < -0.3 is 27.1 Å². The number of hydrogen-bond donors (Lipinski definition) is 0. The molecule has 1 unspecified atom stereocenters. The first-order chi connectivity index (χ1) is 32.4. The molecule has 326 valence electrons. The van der Waals surface area contributed by atoms with Gasteiger partial charge in [0.2, 0.25) is 5.78 Å². The molecule has 0 saturated carbocycles. The lowest BCUT2D eigenvalue weighted by Gasteiger charge is -2.26. The fourth-order valence-electron chi connectivity index (χ4n) is 7.87. The Morgan fingerprint density at radius 3 is 1.77 bits per heavy atom. The summed E-state index contributed by atoms with van der Waals surface area (Å²) in [6, 6.07) is 49.0. The van der Waals surface area contributed by atoms with E-state index in [2.05, 4.69) is 12.7 Å². The van der Waals surface area contributed by atoms with Crippen LogP contribution in [-0.2, 0) is 15.5 Å². The summed E-state index contributed by atoms with van der Waals surface area (Å²) in [5.41, 5.74) is 5.57. The minimum absolute atomic E-state index is 0.261. The van der Waals surface area contributed by atoms with Crippen molar-refractivity contribution in [3.8, 4) is 23.0 Å². The minimum atomic E-state index is -2.17. The molecule has 0 saturated heterocycles. The maximum Gasteiger partial charge on any atom is 0.530 e. The molecule has 2 aliphatic carbocycles. The molecular weight excluding hydrogens is 859 g/mol. The van der Waals surface area contributed by atoms with Crippen molar-refractivity contribution in [3.05, 3.63) is 257 Å². The zero-order chi connectivity index (χ0) is 45.2. The van der Waals surface area contributed by atoms with Crippen LogP contribution >= 0.6 is 17.2 Å². The number of fused-ring (bicyclic) bond motifs is 4. The Bertz CT molecular complexity index is 3030. The summed E-state index contributed by atoms with van der Waals surface area (Å²) in [6.45, 7) is 7.74. The van der Waals surface area contributed by atoms with Crippen LogP contribution < -0.4 is 18.1 Å². The van der Waals surface area contributed by atoms with E-state index in [0.717, 1.165) is 49.4 Å². The predicted octanol–water partition coefficient (Wildman–Crippen LogP) is 16.1. The van der Waals surface area contributed by atoms with Crippen molar-refractivity contribution in [1.82, 2.24) is 0 Å². The van der Waals surface area contributed by atoms with Crippen LogP contribution in [0.4, 0.5) is 0 Å². The topological polar surface area (TPSA) is 72.5 Å². The Hall–Kier alpha value is -7.43. The molecule has 7 aromatic carbocycles. The summed E-state index contributed by atoms with van der Waals surface area (Å²) >= 11 is 0. The van der Waals surface area contributed by atoms with Crippen molar-refractivity contribution in [2.24, 2.45) is 0 Å². The van der Waals surface area contributed by atoms with Crippen LogP contribution in [0.25, 0.3) is 27.6 Å². The van der Waals surface area contributed by atoms with Gasteiger partial charge in [0, 0.05) is 17.2 Å². The molecule has 0 bridgehead atoms. The number of benzene rings is 7. The standard InChI is InChI=1S/C57H46O7P2/c1-4-19-43-26-14-31-48(39-42(43)5-2)60-65(59-40(3)20-13-23-41-21-7-6-8-22-41)63-53-36-17-29-46-38-47-30-18-37-54(56(47)57(58)55(46)53)64-66(61-51-34-15-27-44-24-9-11-32-49(44)51)62-52-35-16-28-45-25-10-12-33-50(45)52/h4-37H,1,38-39H2,2-3H3/b23-13-,40-20+,42-5-,43-19-. The second-order valence-corrected chi connectivity index (χ2v) is 17.4. The summed E-state index contributed by atoms with van der Waals surface area (Å²) in [5, 5.41) is 3.84. The van der Waals surface area contributed by atoms with E-state index in [9.17, 15) is 0 Å². The second-order valence-electron chi connectivity index (χ2n) is 15.4. The number of hydrogen-bond acceptors (Lipinski definition) is 7. The second kappa shape index (κ2) is 20.6. The number of carbonyl (C=O) groups excluding carboxylic acids is 1. The summed E-state index contributed by atoms with van der Waals surface area (Å²) in [4.78, 5) is 15.1. The quantitative estimate of drug-likeness (QED) is 0.0576. The Balaban J connectivity index is 1.04. The van der Waals surface area contributed by atoms with Gasteiger partial charge in [-0.05, 0) is 95.3 Å². The molecule has 9 rings (SSSR count). The van der Waals surface area contributed by atoms with Gasteiger partial charge in [-0.3, -0.25) is 4.79 Å². The van der Waals surface area contributed by atoms with Gasteiger partial charge in [-0.2, -0.15) is 0 Å². The number of allylic oxidation sites excluding steroid dienone is 11. The van der Waals surface area contributed by atoms with E-state index in [4.69, 9.17) is 27.1 Å². The highest BCUT2D eigenvalue weighted by atomic mass is 31.2. The van der Waals surface area contributed by atoms with Crippen LogP contribution in [0.2, 0.25) is 0 Å². The van der Waals surface area contributed by atoms with Crippen molar-refractivity contribution in [2.75, 3.05) is 0 Å². The lowest BCUT2D eigenvalue weighted by molar-refractivity contribution is 0.103. The average Bonchev–Trinajstić information content (AvgIpc) is 3.53. The van der Waals surface area contributed by atoms with Crippen molar-refractivity contribution in [2.45, 2.75) is 26.7 Å². The highest BCUT2D eigenvalue weighted by Crippen LogP contribution is 2.51. The molecule has 7 aromatic rings. The van der Waals surface area contributed by atoms with Gasteiger partial charge in [-0.25, -0.2) is 0 Å². The molecule has 7 nitrogen and oxygen atoms in total. The van der Waals surface area contributed by atoms with Crippen molar-refractivity contribution in [1.29, 1.82) is 0 Å². The third-order valence-corrected chi connectivity index (χ3v) is 13.2. The smallest absolute Gasteiger partial charge is 0.413 e. The largest absolute Gasteiger partial charge is 0.530 e. The zero-order valence-corrected chi connectivity index (χ0v) is 38.3. The lowest BCUT2D eigenvalue weighted by Crippen LogP contribution is -2.18. The Kier molecular flexibility index (Phi) is 13.7. The lowest BCUT2D eigenvalue weighted by atomic mass is 9.84. The first kappa shape index (κ1) is 43.8. The Morgan fingerprint density at radius 1 is 0.606 bits per heavy atom. The molecule has 0 heterocycles. The maximum atomic E-state index is 15.1. The van der Waals surface area contributed by atoms with Gasteiger partial charge in [0.15, 0.2) is 0 Å². The summed E-state index contributed by atoms with van der Waals surface area (Å²) < 4.78 is 40.0. The Morgan fingerprint density at radius 2 is 1.15 bits per heavy atom. The fourth-order valence-corrected chi connectivity index (χ4v) is 9.97. The highest BCUT2D eigenvalue weighted by Gasteiger charge is 2.34. The van der Waals surface area contributed by atoms with Gasteiger partial charge in [0.05, 0.1) is 11.1 Å². The molecule has 0 aromatic heterocycles. The predicted molar refractivity (Wildman–Crippen MR) is 269 cm³/mol. The van der Waals surface area contributed by atoms with E-state index >= 15 is 4.79 Å². The van der Waals surface area contributed by atoms with Gasteiger partial charge in [0.1, 0.15) is 34.5 Å². The van der Waals surface area contributed by atoms with Crippen molar-refractivity contribution < 1.29 is 31.9 Å². The van der Waals surface area contributed by atoms with Gasteiger partial charge >= 0.3 is 17.2 Å². The van der Waals surface area contributed by atoms with E-state index < -0.39 is 17.2 Å². The minimum Gasteiger partial charge on any atom is -0.413 e. The third-order valence-electron chi connectivity index (χ3n) is 11.0.